The first-order valence-corrected chi connectivity index (χ1v) is 9.54. The Morgan fingerprint density at radius 3 is 2.57 bits per heavy atom. The van der Waals surface area contributed by atoms with Gasteiger partial charge in [0.1, 0.15) is 6.10 Å². The van der Waals surface area contributed by atoms with Crippen molar-refractivity contribution in [2.45, 2.75) is 17.9 Å². The van der Waals surface area contributed by atoms with E-state index in [4.69, 9.17) is 0 Å². The number of thiophene rings is 1. The summed E-state index contributed by atoms with van der Waals surface area (Å²) in [5.74, 6) is 0. The van der Waals surface area contributed by atoms with Crippen LogP contribution in [0.25, 0.3) is 10.8 Å². The minimum Gasteiger partial charge on any atom is -0.386 e. The Bertz CT molecular complexity index is 932. The summed E-state index contributed by atoms with van der Waals surface area (Å²) in [6, 6.07) is 14.5. The molecule has 3 rings (SSSR count). The third-order valence-electron chi connectivity index (χ3n) is 3.70. The predicted octanol–water partition coefficient (Wildman–Crippen LogP) is 3.22. The van der Waals surface area contributed by atoms with Gasteiger partial charge in [-0.25, -0.2) is 13.1 Å². The minimum atomic E-state index is -3.66. The van der Waals surface area contributed by atoms with Gasteiger partial charge in [0, 0.05) is 11.4 Å². The highest BCUT2D eigenvalue weighted by molar-refractivity contribution is 7.89. The second-order valence-electron chi connectivity index (χ2n) is 5.34. The van der Waals surface area contributed by atoms with E-state index in [9.17, 15) is 13.5 Å². The van der Waals surface area contributed by atoms with Crippen LogP contribution in [0.15, 0.2) is 58.8 Å². The molecule has 0 radical (unpaired) electrons. The average Bonchev–Trinajstić information content (AvgIpc) is 2.98. The van der Waals surface area contributed by atoms with Crippen molar-refractivity contribution < 1.29 is 13.5 Å². The van der Waals surface area contributed by atoms with Crippen LogP contribution in [0.3, 0.4) is 0 Å². The first-order chi connectivity index (χ1) is 11.0. The van der Waals surface area contributed by atoms with Gasteiger partial charge in [-0.3, -0.25) is 0 Å². The summed E-state index contributed by atoms with van der Waals surface area (Å²) in [6.45, 7) is 1.85. The van der Waals surface area contributed by atoms with E-state index in [0.717, 1.165) is 21.2 Å². The van der Waals surface area contributed by atoms with Crippen LogP contribution in [0.5, 0.6) is 0 Å². The lowest BCUT2D eigenvalue weighted by Crippen LogP contribution is -2.28. The molecule has 2 N–H and O–H groups in total. The van der Waals surface area contributed by atoms with E-state index in [1.54, 1.807) is 18.2 Å². The highest BCUT2D eigenvalue weighted by Gasteiger charge is 2.18. The van der Waals surface area contributed by atoms with Crippen molar-refractivity contribution in [2.75, 3.05) is 6.54 Å². The molecule has 1 aromatic heterocycles. The number of nitrogens with one attached hydrogen (secondary N) is 1. The average molecular weight is 347 g/mol. The monoisotopic (exact) mass is 347 g/mol. The molecule has 0 saturated heterocycles. The van der Waals surface area contributed by atoms with E-state index >= 15 is 0 Å². The Labute approximate surface area is 139 Å². The fourth-order valence-electron chi connectivity index (χ4n) is 2.43. The molecule has 3 aromatic rings. The van der Waals surface area contributed by atoms with Gasteiger partial charge < -0.3 is 5.11 Å². The second kappa shape index (κ2) is 6.41. The van der Waals surface area contributed by atoms with Crippen LogP contribution in [0, 0.1) is 6.92 Å². The van der Waals surface area contributed by atoms with Crippen molar-refractivity contribution in [2.24, 2.45) is 0 Å². The molecule has 0 bridgehead atoms. The zero-order valence-electron chi connectivity index (χ0n) is 12.6. The normalized spacial score (nSPS) is 13.3. The molecule has 4 nitrogen and oxygen atoms in total. The number of benzene rings is 2. The molecule has 0 saturated carbocycles. The molecular weight excluding hydrogens is 330 g/mol. The summed E-state index contributed by atoms with van der Waals surface area (Å²) in [5.41, 5.74) is 0.965. The van der Waals surface area contributed by atoms with Gasteiger partial charge >= 0.3 is 0 Å². The number of aryl methyl sites for hydroxylation is 1. The minimum absolute atomic E-state index is 0.0451. The lowest BCUT2D eigenvalue weighted by atomic mass is 10.1. The molecule has 6 heteroatoms. The van der Waals surface area contributed by atoms with Gasteiger partial charge in [0.25, 0.3) is 0 Å². The molecule has 0 aliphatic heterocycles. The number of aliphatic hydroxyl groups is 1. The van der Waals surface area contributed by atoms with Gasteiger partial charge in [-0.1, -0.05) is 30.3 Å². The summed E-state index contributed by atoms with van der Waals surface area (Å²) >= 11 is 1.42. The molecule has 0 aliphatic rings. The van der Waals surface area contributed by atoms with E-state index < -0.39 is 16.1 Å². The Kier molecular flexibility index (Phi) is 4.50. The van der Waals surface area contributed by atoms with E-state index in [2.05, 4.69) is 4.72 Å². The Morgan fingerprint density at radius 1 is 1.13 bits per heavy atom. The molecule has 2 aromatic carbocycles. The number of rotatable bonds is 5. The third kappa shape index (κ3) is 3.45. The van der Waals surface area contributed by atoms with Crippen LogP contribution in [0.2, 0.25) is 0 Å². The highest BCUT2D eigenvalue weighted by Crippen LogP contribution is 2.24. The third-order valence-corrected chi connectivity index (χ3v) is 6.24. The van der Waals surface area contributed by atoms with Crippen LogP contribution < -0.4 is 4.72 Å². The maximum absolute atomic E-state index is 12.4. The fraction of sp³-hybridized carbons (Fsp3) is 0.176. The van der Waals surface area contributed by atoms with Crippen molar-refractivity contribution in [3.8, 4) is 0 Å². The summed E-state index contributed by atoms with van der Waals surface area (Å²) < 4.78 is 27.3. The smallest absolute Gasteiger partial charge is 0.240 e. The largest absolute Gasteiger partial charge is 0.386 e. The molecule has 1 heterocycles. The Balaban J connectivity index is 1.79. The molecular formula is C17H17NO3S2. The summed E-state index contributed by atoms with van der Waals surface area (Å²) in [5, 5.41) is 13.9. The quantitative estimate of drug-likeness (QED) is 0.745. The lowest BCUT2D eigenvalue weighted by molar-refractivity contribution is 0.185. The van der Waals surface area contributed by atoms with Crippen molar-refractivity contribution in [1.29, 1.82) is 0 Å². The standard InChI is InChI=1S/C17H17NO3S2/c1-12-8-9-22-17(12)16(19)11-18-23(20,21)15-7-6-13-4-2-3-5-14(13)10-15/h2-10,16,18-19H,11H2,1H3. The molecule has 1 unspecified atom stereocenters. The highest BCUT2D eigenvalue weighted by atomic mass is 32.2. The van der Waals surface area contributed by atoms with E-state index in [1.807, 2.05) is 42.6 Å². The Morgan fingerprint density at radius 2 is 1.87 bits per heavy atom. The summed E-state index contributed by atoms with van der Waals surface area (Å²) in [6.07, 6.45) is -0.842. The molecule has 1 atom stereocenters. The van der Waals surface area contributed by atoms with Crippen LogP contribution in [0.4, 0.5) is 0 Å². The number of sulfonamides is 1. The molecule has 23 heavy (non-hydrogen) atoms. The van der Waals surface area contributed by atoms with Crippen LogP contribution in [0.1, 0.15) is 16.5 Å². The summed E-state index contributed by atoms with van der Waals surface area (Å²) in [7, 11) is -3.66. The van der Waals surface area contributed by atoms with Crippen molar-refractivity contribution in [1.82, 2.24) is 4.72 Å². The maximum Gasteiger partial charge on any atom is 0.240 e. The van der Waals surface area contributed by atoms with Gasteiger partial charge in [-0.15, -0.1) is 11.3 Å². The van der Waals surface area contributed by atoms with Crippen LogP contribution in [-0.4, -0.2) is 20.1 Å². The van der Waals surface area contributed by atoms with Crippen LogP contribution in [-0.2, 0) is 10.0 Å². The van der Waals surface area contributed by atoms with Crippen molar-refractivity contribution in [3.63, 3.8) is 0 Å². The zero-order valence-corrected chi connectivity index (χ0v) is 14.2. The molecule has 0 fully saturated rings. The first kappa shape index (κ1) is 16.1. The van der Waals surface area contributed by atoms with Gasteiger partial charge in [-0.05, 0) is 46.8 Å². The number of fused-ring (bicyclic) bond motifs is 1. The summed E-state index contributed by atoms with van der Waals surface area (Å²) in [4.78, 5) is 0.984. The van der Waals surface area contributed by atoms with E-state index in [1.165, 1.54) is 11.3 Å². The number of aliphatic hydroxyl groups excluding tert-OH is 1. The zero-order chi connectivity index (χ0) is 16.4. The molecule has 120 valence electrons. The SMILES string of the molecule is Cc1ccsc1C(O)CNS(=O)(=O)c1ccc2ccccc2c1. The Hall–Kier alpha value is -1.73. The van der Waals surface area contributed by atoms with Gasteiger partial charge in [0.05, 0.1) is 4.90 Å². The number of hydrogen-bond acceptors (Lipinski definition) is 4. The van der Waals surface area contributed by atoms with E-state index in [-0.39, 0.29) is 11.4 Å². The molecule has 0 spiro atoms. The van der Waals surface area contributed by atoms with Gasteiger partial charge in [0.15, 0.2) is 0 Å². The topological polar surface area (TPSA) is 66.4 Å². The molecule has 0 aliphatic carbocycles. The number of hydrogen-bond donors (Lipinski definition) is 2. The predicted molar refractivity (Wildman–Crippen MR) is 93.2 cm³/mol. The van der Waals surface area contributed by atoms with E-state index in [0.29, 0.717) is 0 Å². The lowest BCUT2D eigenvalue weighted by Gasteiger charge is -2.12. The fourth-order valence-corrected chi connectivity index (χ4v) is 4.41. The second-order valence-corrected chi connectivity index (χ2v) is 8.06. The van der Waals surface area contributed by atoms with Crippen molar-refractivity contribution in [3.05, 3.63) is 64.4 Å². The van der Waals surface area contributed by atoms with Gasteiger partial charge in [-0.2, -0.15) is 0 Å². The van der Waals surface area contributed by atoms with Crippen LogP contribution >= 0.6 is 11.3 Å². The van der Waals surface area contributed by atoms with Crippen molar-refractivity contribution >= 4 is 32.1 Å². The first-order valence-electron chi connectivity index (χ1n) is 7.18. The van der Waals surface area contributed by atoms with Gasteiger partial charge in [0.2, 0.25) is 10.0 Å². The maximum atomic E-state index is 12.4. The molecule has 0 amide bonds.